The van der Waals surface area contributed by atoms with Crippen LogP contribution in [-0.4, -0.2) is 29.9 Å². The molecular formula is C18H21Cl2NO3. The summed E-state index contributed by atoms with van der Waals surface area (Å²) in [4.78, 5) is 20.2. The molecule has 130 valence electrons. The molecule has 2 fully saturated rings. The summed E-state index contributed by atoms with van der Waals surface area (Å²) in [7, 11) is 0. The van der Waals surface area contributed by atoms with Crippen molar-refractivity contribution in [1.29, 1.82) is 0 Å². The predicted molar refractivity (Wildman–Crippen MR) is 95.8 cm³/mol. The molecule has 1 heterocycles. The van der Waals surface area contributed by atoms with Gasteiger partial charge in [0.05, 0.1) is 10.0 Å². The first-order valence-corrected chi connectivity index (χ1v) is 8.54. The molecule has 24 heavy (non-hydrogen) atoms. The number of ketones is 1. The highest BCUT2D eigenvalue weighted by molar-refractivity contribution is 6.42. The van der Waals surface area contributed by atoms with Crippen LogP contribution in [-0.2, 0) is 15.0 Å². The molecule has 0 spiro atoms. The number of benzene rings is 1. The lowest BCUT2D eigenvalue weighted by Gasteiger charge is -2.30. The maximum Gasteiger partial charge on any atom is 0.300 e. The number of carboxylic acids is 1. The number of nitrogens with one attached hydrogen (secondary N) is 1. The van der Waals surface area contributed by atoms with Crippen LogP contribution in [0.1, 0.15) is 32.3 Å². The highest BCUT2D eigenvalue weighted by Gasteiger charge is 2.67. The third-order valence-corrected chi connectivity index (χ3v) is 5.46. The standard InChI is InChI=1S/C16H17Cl2NO.C2H4O2/c1-11(20)4-5-15-9-16(15,6-7-19-10-15)12-2-3-13(17)14(18)8-12;1-2(3)4/h2-5,8,19H,6-7,9-10H2,1H3;1H3,(H,3,4)/b5-4+;. The molecule has 1 aromatic carbocycles. The average molecular weight is 370 g/mol. The highest BCUT2D eigenvalue weighted by atomic mass is 35.5. The van der Waals surface area contributed by atoms with Crippen LogP contribution in [0.4, 0.5) is 0 Å². The number of fused-ring (bicyclic) bond motifs is 1. The molecule has 2 aliphatic rings. The number of halogens is 2. The van der Waals surface area contributed by atoms with E-state index in [1.165, 1.54) is 5.56 Å². The first-order chi connectivity index (χ1) is 11.2. The number of rotatable bonds is 3. The fraction of sp³-hybridized carbons (Fsp3) is 0.444. The molecule has 1 aliphatic carbocycles. The van der Waals surface area contributed by atoms with E-state index in [-0.39, 0.29) is 16.6 Å². The molecular weight excluding hydrogens is 349 g/mol. The van der Waals surface area contributed by atoms with E-state index in [2.05, 4.69) is 17.5 Å². The van der Waals surface area contributed by atoms with Crippen LogP contribution in [0.5, 0.6) is 0 Å². The number of aliphatic carboxylic acids is 1. The molecule has 6 heteroatoms. The van der Waals surface area contributed by atoms with E-state index < -0.39 is 5.97 Å². The fourth-order valence-electron chi connectivity index (χ4n) is 3.56. The zero-order chi connectivity index (χ0) is 18.0. The van der Waals surface area contributed by atoms with Crippen molar-refractivity contribution in [3.63, 3.8) is 0 Å². The van der Waals surface area contributed by atoms with Crippen LogP contribution in [0.15, 0.2) is 30.4 Å². The van der Waals surface area contributed by atoms with Gasteiger partial charge >= 0.3 is 0 Å². The van der Waals surface area contributed by atoms with Crippen molar-refractivity contribution in [3.8, 4) is 0 Å². The molecule has 0 radical (unpaired) electrons. The third-order valence-electron chi connectivity index (χ3n) is 4.72. The van der Waals surface area contributed by atoms with Gasteiger partial charge in [0.1, 0.15) is 0 Å². The summed E-state index contributed by atoms with van der Waals surface area (Å²) in [5.74, 6) is -0.736. The minimum absolute atomic E-state index is 0.0497. The zero-order valence-corrected chi connectivity index (χ0v) is 15.2. The van der Waals surface area contributed by atoms with Crippen LogP contribution in [0.25, 0.3) is 0 Å². The lowest BCUT2D eigenvalue weighted by atomic mass is 9.80. The van der Waals surface area contributed by atoms with Gasteiger partial charge in [-0.2, -0.15) is 0 Å². The smallest absolute Gasteiger partial charge is 0.300 e. The normalized spacial score (nSPS) is 27.8. The fourth-order valence-corrected chi connectivity index (χ4v) is 3.86. The molecule has 1 saturated carbocycles. The Morgan fingerprint density at radius 1 is 1.25 bits per heavy atom. The second kappa shape index (κ2) is 7.26. The second-order valence-electron chi connectivity index (χ2n) is 6.43. The Morgan fingerprint density at radius 3 is 2.50 bits per heavy atom. The average Bonchev–Trinajstić information content (AvgIpc) is 3.18. The topological polar surface area (TPSA) is 66.4 Å². The van der Waals surface area contributed by atoms with Crippen molar-refractivity contribution < 1.29 is 14.7 Å². The Hall–Kier alpha value is -1.36. The summed E-state index contributed by atoms with van der Waals surface area (Å²) >= 11 is 12.2. The molecule has 2 N–H and O–H groups in total. The van der Waals surface area contributed by atoms with Crippen LogP contribution >= 0.6 is 23.2 Å². The number of carbonyl (C=O) groups excluding carboxylic acids is 1. The summed E-state index contributed by atoms with van der Waals surface area (Å²) in [6.45, 7) is 4.58. The minimum atomic E-state index is -0.833. The maximum absolute atomic E-state index is 11.2. The number of hydrogen-bond acceptors (Lipinski definition) is 3. The van der Waals surface area contributed by atoms with Gasteiger partial charge in [-0.05, 0) is 50.1 Å². The van der Waals surface area contributed by atoms with Crippen LogP contribution in [0.3, 0.4) is 0 Å². The van der Waals surface area contributed by atoms with Crippen molar-refractivity contribution >= 4 is 35.0 Å². The van der Waals surface area contributed by atoms with E-state index in [4.69, 9.17) is 33.1 Å². The van der Waals surface area contributed by atoms with Gasteiger partial charge in [0.2, 0.25) is 0 Å². The SMILES string of the molecule is CC(=O)/C=C/C12CNCCC1(c1ccc(Cl)c(Cl)c1)C2.CC(=O)O. The third kappa shape index (κ3) is 3.82. The van der Waals surface area contributed by atoms with E-state index in [0.29, 0.717) is 10.0 Å². The first kappa shape index (κ1) is 19.0. The number of piperidine rings is 1. The Kier molecular flexibility index (Phi) is 5.74. The van der Waals surface area contributed by atoms with Gasteiger partial charge in [0.15, 0.2) is 5.78 Å². The summed E-state index contributed by atoms with van der Waals surface area (Å²) in [6.07, 6.45) is 5.91. The summed E-state index contributed by atoms with van der Waals surface area (Å²) < 4.78 is 0. The molecule has 0 amide bonds. The Morgan fingerprint density at radius 2 is 1.92 bits per heavy atom. The number of carbonyl (C=O) groups is 2. The Bertz CT molecular complexity index is 685. The minimum Gasteiger partial charge on any atom is -0.481 e. The van der Waals surface area contributed by atoms with Crippen molar-refractivity contribution in [1.82, 2.24) is 5.32 Å². The lowest BCUT2D eigenvalue weighted by molar-refractivity contribution is -0.134. The molecule has 1 aliphatic heterocycles. The van der Waals surface area contributed by atoms with Crippen molar-refractivity contribution in [2.75, 3.05) is 13.1 Å². The molecule has 2 unspecified atom stereocenters. The number of hydrogen-bond donors (Lipinski definition) is 2. The van der Waals surface area contributed by atoms with Gasteiger partial charge in [0, 0.05) is 24.3 Å². The van der Waals surface area contributed by atoms with Crippen molar-refractivity contribution in [2.24, 2.45) is 5.41 Å². The van der Waals surface area contributed by atoms with Crippen LogP contribution in [0.2, 0.25) is 10.0 Å². The van der Waals surface area contributed by atoms with Crippen molar-refractivity contribution in [2.45, 2.75) is 32.1 Å². The van der Waals surface area contributed by atoms with Crippen LogP contribution in [0, 0.1) is 5.41 Å². The zero-order valence-electron chi connectivity index (χ0n) is 13.7. The Labute approximate surface area is 151 Å². The van der Waals surface area contributed by atoms with Crippen molar-refractivity contribution in [3.05, 3.63) is 46.0 Å². The molecule has 3 rings (SSSR count). The molecule has 1 aromatic rings. The molecule has 1 saturated heterocycles. The van der Waals surface area contributed by atoms with E-state index in [0.717, 1.165) is 32.9 Å². The monoisotopic (exact) mass is 369 g/mol. The highest BCUT2D eigenvalue weighted by Crippen LogP contribution is 2.68. The largest absolute Gasteiger partial charge is 0.481 e. The first-order valence-electron chi connectivity index (χ1n) is 7.78. The van der Waals surface area contributed by atoms with Gasteiger partial charge in [-0.25, -0.2) is 0 Å². The van der Waals surface area contributed by atoms with Gasteiger partial charge in [-0.15, -0.1) is 0 Å². The van der Waals surface area contributed by atoms with E-state index in [9.17, 15) is 4.79 Å². The van der Waals surface area contributed by atoms with Gasteiger partial charge in [-0.1, -0.05) is 35.3 Å². The maximum atomic E-state index is 11.2. The molecule has 4 nitrogen and oxygen atoms in total. The number of allylic oxidation sites excluding steroid dienone is 1. The van der Waals surface area contributed by atoms with E-state index in [1.54, 1.807) is 13.0 Å². The number of carboxylic acid groups (broad SMARTS) is 1. The summed E-state index contributed by atoms with van der Waals surface area (Å²) in [6, 6.07) is 5.93. The second-order valence-corrected chi connectivity index (χ2v) is 7.25. The van der Waals surface area contributed by atoms with Gasteiger partial charge < -0.3 is 10.4 Å². The molecule has 0 aromatic heterocycles. The molecule has 0 bridgehead atoms. The predicted octanol–water partition coefficient (Wildman–Crippen LogP) is 3.85. The van der Waals surface area contributed by atoms with E-state index in [1.807, 2.05) is 12.1 Å². The molecule has 2 atom stereocenters. The quantitative estimate of drug-likeness (QED) is 0.794. The summed E-state index contributed by atoms with van der Waals surface area (Å²) in [5, 5.41) is 12.1. The van der Waals surface area contributed by atoms with Crippen LogP contribution < -0.4 is 5.32 Å². The Balaban J connectivity index is 0.000000471. The lowest BCUT2D eigenvalue weighted by Crippen LogP contribution is -2.37. The van der Waals surface area contributed by atoms with Gasteiger partial charge in [-0.3, -0.25) is 9.59 Å². The van der Waals surface area contributed by atoms with Gasteiger partial charge in [0.25, 0.3) is 5.97 Å². The van der Waals surface area contributed by atoms with E-state index >= 15 is 0 Å². The summed E-state index contributed by atoms with van der Waals surface area (Å²) in [5.41, 5.74) is 1.40.